The number of ether oxygens (including phenoxy) is 1. The highest BCUT2D eigenvalue weighted by atomic mass is 32.2. The lowest BCUT2D eigenvalue weighted by Crippen LogP contribution is -2.40. The summed E-state index contributed by atoms with van der Waals surface area (Å²) in [5.41, 5.74) is 0.548. The highest BCUT2D eigenvalue weighted by molar-refractivity contribution is 7.92. The van der Waals surface area contributed by atoms with Crippen molar-refractivity contribution in [2.45, 2.75) is 20.3 Å². The predicted molar refractivity (Wildman–Crippen MR) is 70.3 cm³/mol. The first kappa shape index (κ1) is 13.1. The SMILES string of the molecule is CCC(C)CS(=O)(=O)N1CCOc2ccncc21. The number of nitrogens with zero attached hydrogens (tertiary/aromatic N) is 2. The number of pyridine rings is 1. The van der Waals surface area contributed by atoms with Gasteiger partial charge in [0.2, 0.25) is 10.0 Å². The van der Waals surface area contributed by atoms with Crippen molar-refractivity contribution < 1.29 is 13.2 Å². The molecule has 0 aromatic carbocycles. The fraction of sp³-hybridized carbons (Fsp3) is 0.583. The van der Waals surface area contributed by atoms with E-state index in [1.165, 1.54) is 4.31 Å². The predicted octanol–water partition coefficient (Wildman–Crippen LogP) is 1.66. The maximum absolute atomic E-state index is 12.4. The molecule has 100 valence electrons. The van der Waals surface area contributed by atoms with E-state index in [1.807, 2.05) is 13.8 Å². The highest BCUT2D eigenvalue weighted by Crippen LogP contribution is 2.32. The van der Waals surface area contributed by atoms with Gasteiger partial charge in [0.1, 0.15) is 18.0 Å². The fourth-order valence-corrected chi connectivity index (χ4v) is 3.82. The van der Waals surface area contributed by atoms with Crippen LogP contribution >= 0.6 is 0 Å². The summed E-state index contributed by atoms with van der Waals surface area (Å²) in [6, 6.07) is 1.69. The van der Waals surface area contributed by atoms with Crippen LogP contribution in [-0.2, 0) is 10.0 Å². The molecule has 0 amide bonds. The van der Waals surface area contributed by atoms with Crippen molar-refractivity contribution >= 4 is 15.7 Å². The Hall–Kier alpha value is -1.30. The normalized spacial score (nSPS) is 16.9. The van der Waals surface area contributed by atoms with Crippen LogP contribution in [0.5, 0.6) is 5.75 Å². The van der Waals surface area contributed by atoms with Crippen molar-refractivity contribution in [2.24, 2.45) is 5.92 Å². The Morgan fingerprint density at radius 1 is 1.56 bits per heavy atom. The van der Waals surface area contributed by atoms with Gasteiger partial charge in [0.25, 0.3) is 0 Å². The Kier molecular flexibility index (Phi) is 3.75. The first-order valence-corrected chi connectivity index (χ1v) is 7.72. The van der Waals surface area contributed by atoms with Crippen molar-refractivity contribution in [3.63, 3.8) is 0 Å². The fourth-order valence-electron chi connectivity index (χ4n) is 1.90. The Bertz CT molecular complexity index is 516. The Morgan fingerprint density at radius 3 is 3.06 bits per heavy atom. The second kappa shape index (κ2) is 5.14. The first-order valence-electron chi connectivity index (χ1n) is 6.12. The molecule has 1 aliphatic rings. The zero-order chi connectivity index (χ0) is 13.2. The maximum Gasteiger partial charge on any atom is 0.235 e. The first-order chi connectivity index (χ1) is 8.54. The van der Waals surface area contributed by atoms with Gasteiger partial charge in [-0.25, -0.2) is 8.42 Å². The van der Waals surface area contributed by atoms with Gasteiger partial charge in [-0.15, -0.1) is 0 Å². The molecule has 0 aliphatic carbocycles. The lowest BCUT2D eigenvalue weighted by Gasteiger charge is -2.30. The standard InChI is InChI=1S/C12H18N2O3S/c1-3-10(2)9-18(15,16)14-6-7-17-12-4-5-13-8-11(12)14/h4-5,8,10H,3,6-7,9H2,1-2H3. The van der Waals surface area contributed by atoms with Gasteiger partial charge < -0.3 is 4.74 Å². The minimum absolute atomic E-state index is 0.151. The Morgan fingerprint density at radius 2 is 2.33 bits per heavy atom. The zero-order valence-electron chi connectivity index (χ0n) is 10.7. The Balaban J connectivity index is 2.30. The summed E-state index contributed by atoms with van der Waals surface area (Å²) in [6.07, 6.45) is 4.00. The van der Waals surface area contributed by atoms with Gasteiger partial charge in [0, 0.05) is 12.3 Å². The van der Waals surface area contributed by atoms with Gasteiger partial charge in [0.05, 0.1) is 18.5 Å². The molecule has 1 aliphatic heterocycles. The van der Waals surface area contributed by atoms with Crippen molar-refractivity contribution in [2.75, 3.05) is 23.2 Å². The molecule has 0 fully saturated rings. The number of hydrogen-bond donors (Lipinski definition) is 0. The van der Waals surface area contributed by atoms with Crippen LogP contribution in [0.15, 0.2) is 18.5 Å². The molecule has 0 spiro atoms. The van der Waals surface area contributed by atoms with Crippen LogP contribution in [0, 0.1) is 5.92 Å². The topological polar surface area (TPSA) is 59.5 Å². The number of aromatic nitrogens is 1. The van der Waals surface area contributed by atoms with E-state index < -0.39 is 10.0 Å². The van der Waals surface area contributed by atoms with E-state index in [1.54, 1.807) is 18.5 Å². The van der Waals surface area contributed by atoms with Crippen molar-refractivity contribution in [1.82, 2.24) is 4.98 Å². The number of hydrogen-bond acceptors (Lipinski definition) is 4. The molecule has 0 saturated heterocycles. The smallest absolute Gasteiger partial charge is 0.235 e. The monoisotopic (exact) mass is 270 g/mol. The van der Waals surface area contributed by atoms with Gasteiger partial charge >= 0.3 is 0 Å². The van der Waals surface area contributed by atoms with E-state index in [4.69, 9.17) is 4.74 Å². The minimum Gasteiger partial charge on any atom is -0.489 e. The zero-order valence-corrected chi connectivity index (χ0v) is 11.5. The molecule has 2 heterocycles. The second-order valence-corrected chi connectivity index (χ2v) is 6.49. The van der Waals surface area contributed by atoms with Gasteiger partial charge in [0.15, 0.2) is 0 Å². The summed E-state index contributed by atoms with van der Waals surface area (Å²) in [6.45, 7) is 4.69. The summed E-state index contributed by atoms with van der Waals surface area (Å²) >= 11 is 0. The summed E-state index contributed by atoms with van der Waals surface area (Å²) in [4.78, 5) is 3.97. The number of rotatable bonds is 4. The summed E-state index contributed by atoms with van der Waals surface area (Å²) in [5, 5.41) is 0. The molecule has 1 aromatic rings. The van der Waals surface area contributed by atoms with Crippen LogP contribution in [0.1, 0.15) is 20.3 Å². The number of anilines is 1. The molecule has 6 heteroatoms. The third-order valence-electron chi connectivity index (χ3n) is 3.11. The molecule has 0 radical (unpaired) electrons. The molecule has 1 unspecified atom stereocenters. The molecule has 0 bridgehead atoms. The van der Waals surface area contributed by atoms with Crippen molar-refractivity contribution in [3.8, 4) is 5.75 Å². The van der Waals surface area contributed by atoms with Crippen LogP contribution < -0.4 is 9.04 Å². The lowest BCUT2D eigenvalue weighted by atomic mass is 10.2. The third-order valence-corrected chi connectivity index (χ3v) is 5.15. The van der Waals surface area contributed by atoms with Gasteiger partial charge in [-0.3, -0.25) is 9.29 Å². The van der Waals surface area contributed by atoms with Crippen molar-refractivity contribution in [3.05, 3.63) is 18.5 Å². The van der Waals surface area contributed by atoms with E-state index >= 15 is 0 Å². The van der Waals surface area contributed by atoms with Gasteiger partial charge in [-0.2, -0.15) is 0 Å². The second-order valence-electron chi connectivity index (χ2n) is 4.56. The average Bonchev–Trinajstić information content (AvgIpc) is 2.37. The minimum atomic E-state index is -3.29. The van der Waals surface area contributed by atoms with Gasteiger partial charge in [-0.05, 0) is 5.92 Å². The summed E-state index contributed by atoms with van der Waals surface area (Å²) < 4.78 is 31.6. The van der Waals surface area contributed by atoms with E-state index in [0.717, 1.165) is 6.42 Å². The molecule has 5 nitrogen and oxygen atoms in total. The van der Waals surface area contributed by atoms with Crippen LogP contribution in [0.3, 0.4) is 0 Å². The summed E-state index contributed by atoms with van der Waals surface area (Å²) in [7, 11) is -3.29. The number of sulfonamides is 1. The van der Waals surface area contributed by atoms with Crippen LogP contribution in [-0.4, -0.2) is 32.3 Å². The molecule has 18 heavy (non-hydrogen) atoms. The maximum atomic E-state index is 12.4. The molecule has 2 rings (SSSR count). The van der Waals surface area contributed by atoms with Crippen LogP contribution in [0.25, 0.3) is 0 Å². The molecule has 0 N–H and O–H groups in total. The largest absolute Gasteiger partial charge is 0.489 e. The summed E-state index contributed by atoms with van der Waals surface area (Å²) in [5.74, 6) is 0.902. The van der Waals surface area contributed by atoms with E-state index in [-0.39, 0.29) is 11.7 Å². The van der Waals surface area contributed by atoms with Crippen molar-refractivity contribution in [1.29, 1.82) is 0 Å². The third kappa shape index (κ3) is 2.58. The lowest BCUT2D eigenvalue weighted by molar-refractivity contribution is 0.315. The quantitative estimate of drug-likeness (QED) is 0.835. The van der Waals surface area contributed by atoms with E-state index in [9.17, 15) is 8.42 Å². The van der Waals surface area contributed by atoms with E-state index in [0.29, 0.717) is 24.6 Å². The average molecular weight is 270 g/mol. The Labute approximate surface area is 108 Å². The molecule has 0 saturated carbocycles. The number of fused-ring (bicyclic) bond motifs is 1. The van der Waals surface area contributed by atoms with E-state index in [2.05, 4.69) is 4.98 Å². The van der Waals surface area contributed by atoms with Crippen LogP contribution in [0.2, 0.25) is 0 Å². The molecular weight excluding hydrogens is 252 g/mol. The molecular formula is C12H18N2O3S. The molecule has 1 aromatic heterocycles. The molecule has 1 atom stereocenters. The van der Waals surface area contributed by atoms with Gasteiger partial charge in [-0.1, -0.05) is 20.3 Å². The van der Waals surface area contributed by atoms with Crippen LogP contribution in [0.4, 0.5) is 5.69 Å². The highest BCUT2D eigenvalue weighted by Gasteiger charge is 2.29.